The number of ketones is 1. The lowest BCUT2D eigenvalue weighted by Gasteiger charge is -2.44. The van der Waals surface area contributed by atoms with E-state index < -0.39 is 11.5 Å². The average molecular weight is 647 g/mol. The van der Waals surface area contributed by atoms with Crippen LogP contribution in [0.3, 0.4) is 0 Å². The van der Waals surface area contributed by atoms with Gasteiger partial charge in [0.25, 0.3) is 0 Å². The van der Waals surface area contributed by atoms with E-state index in [4.69, 9.17) is 0 Å². The van der Waals surface area contributed by atoms with Crippen LogP contribution >= 0.6 is 15.9 Å². The third kappa shape index (κ3) is 5.05. The van der Waals surface area contributed by atoms with Crippen molar-refractivity contribution >= 4 is 56.5 Å². The van der Waals surface area contributed by atoms with Gasteiger partial charge in [-0.2, -0.15) is 5.10 Å². The van der Waals surface area contributed by atoms with Crippen molar-refractivity contribution in [3.63, 3.8) is 0 Å². The van der Waals surface area contributed by atoms with Gasteiger partial charge >= 0.3 is 0 Å². The molecule has 3 atom stereocenters. The lowest BCUT2D eigenvalue weighted by Crippen LogP contribution is -2.54. The normalized spacial score (nSPS) is 21.2. The first kappa shape index (κ1) is 28.5. The summed E-state index contributed by atoms with van der Waals surface area (Å²) >= 11 is 3.34. The number of hydrogen-bond acceptors (Lipinski definition) is 10. The highest BCUT2D eigenvalue weighted by Gasteiger charge is 2.60. The number of rotatable bonds is 7. The van der Waals surface area contributed by atoms with Gasteiger partial charge in [-0.25, -0.2) is 15.0 Å². The van der Waals surface area contributed by atoms with Gasteiger partial charge in [0, 0.05) is 41.7 Å². The second-order valence-corrected chi connectivity index (χ2v) is 11.8. The van der Waals surface area contributed by atoms with E-state index in [-0.39, 0.29) is 35.9 Å². The summed E-state index contributed by atoms with van der Waals surface area (Å²) in [5, 5.41) is 20.6. The Hall–Kier alpha value is -4.59. The summed E-state index contributed by atoms with van der Waals surface area (Å²) < 4.78 is 2.01. The zero-order chi connectivity index (χ0) is 30.5. The van der Waals surface area contributed by atoms with Crippen LogP contribution in [0, 0.1) is 19.3 Å². The molecule has 4 aromatic rings. The van der Waals surface area contributed by atoms with E-state index >= 15 is 0 Å². The Balaban J connectivity index is 1.33. The van der Waals surface area contributed by atoms with Gasteiger partial charge in [0.05, 0.1) is 23.6 Å². The van der Waals surface area contributed by atoms with Crippen LogP contribution in [-0.4, -0.2) is 75.7 Å². The lowest BCUT2D eigenvalue weighted by molar-refractivity contribution is -0.141. The van der Waals surface area contributed by atoms with E-state index in [9.17, 15) is 19.6 Å². The van der Waals surface area contributed by atoms with Gasteiger partial charge in [0.1, 0.15) is 34.5 Å². The summed E-state index contributed by atoms with van der Waals surface area (Å²) in [6.07, 6.45) is 7.95. The van der Waals surface area contributed by atoms with Crippen LogP contribution in [0.2, 0.25) is 0 Å². The van der Waals surface area contributed by atoms with Crippen LogP contribution in [-0.2, 0) is 16.1 Å². The Morgan fingerprint density at radius 3 is 2.63 bits per heavy atom. The Bertz CT molecular complexity index is 1810. The molecule has 2 fully saturated rings. The van der Waals surface area contributed by atoms with Crippen molar-refractivity contribution in [3.8, 4) is 11.3 Å². The molecule has 0 unspecified atom stereocenters. The lowest BCUT2D eigenvalue weighted by atomic mass is 9.65. The Morgan fingerprint density at radius 2 is 1.95 bits per heavy atom. The first-order valence-electron chi connectivity index (χ1n) is 13.7. The van der Waals surface area contributed by atoms with E-state index in [1.807, 2.05) is 13.0 Å². The van der Waals surface area contributed by atoms with Crippen LogP contribution in [0.4, 0.5) is 5.82 Å². The van der Waals surface area contributed by atoms with Crippen molar-refractivity contribution in [2.75, 3.05) is 5.32 Å². The number of halogens is 1. The fraction of sp³-hybridized carbons (Fsp3) is 0.345. The van der Waals surface area contributed by atoms with Gasteiger partial charge in [-0.3, -0.25) is 24.0 Å². The molecule has 0 radical (unpaired) electrons. The minimum Gasteiger partial charge on any atom is -0.411 e. The fourth-order valence-corrected chi connectivity index (χ4v) is 6.34. The number of Topliss-reactive ketones (excluding diaryl/α,β-unsaturated/α-hetero) is 1. The summed E-state index contributed by atoms with van der Waals surface area (Å²) in [6, 6.07) is 4.18. The Morgan fingerprint density at radius 1 is 1.19 bits per heavy atom. The first-order valence-corrected chi connectivity index (χ1v) is 14.5. The van der Waals surface area contributed by atoms with E-state index in [0.29, 0.717) is 57.7 Å². The molecule has 1 saturated carbocycles. The molecule has 5 heterocycles. The first-order chi connectivity index (χ1) is 20.6. The zero-order valence-electron chi connectivity index (χ0n) is 23.7. The molecule has 43 heavy (non-hydrogen) atoms. The highest BCUT2D eigenvalue weighted by atomic mass is 79.9. The van der Waals surface area contributed by atoms with Crippen LogP contribution < -0.4 is 5.32 Å². The minimum atomic E-state index is -0.835. The highest BCUT2D eigenvalue weighted by Crippen LogP contribution is 2.53. The van der Waals surface area contributed by atoms with E-state index in [2.05, 4.69) is 51.4 Å². The second-order valence-electron chi connectivity index (χ2n) is 11.0. The molecule has 0 bridgehead atoms. The quantitative estimate of drug-likeness (QED) is 0.1000. The average Bonchev–Trinajstić information content (AvgIpc) is 3.43. The zero-order valence-corrected chi connectivity index (χ0v) is 25.2. The van der Waals surface area contributed by atoms with E-state index in [1.54, 1.807) is 42.5 Å². The maximum absolute atomic E-state index is 14.0. The molecular formula is C29H28BrN9O4. The van der Waals surface area contributed by atoms with Crippen molar-refractivity contribution in [3.05, 3.63) is 58.5 Å². The predicted octanol–water partition coefficient (Wildman–Crippen LogP) is 3.71. The van der Waals surface area contributed by atoms with Gasteiger partial charge < -0.3 is 15.4 Å². The van der Waals surface area contributed by atoms with Crippen LogP contribution in [0.15, 0.2) is 46.5 Å². The van der Waals surface area contributed by atoms with Crippen molar-refractivity contribution in [1.82, 2.24) is 34.6 Å². The number of nitrogens with zero attached hydrogens (tertiary/aromatic N) is 8. The topological polar surface area (TPSA) is 168 Å². The number of fused-ring (bicyclic) bond motifs is 2. The van der Waals surface area contributed by atoms with Gasteiger partial charge in [0.15, 0.2) is 5.78 Å². The number of carbonyl (C=O) groups excluding carboxylic acids is 3. The number of hydrogen-bond donors (Lipinski definition) is 2. The number of oxime groups is 1. The largest absolute Gasteiger partial charge is 0.411 e. The number of anilines is 1. The predicted molar refractivity (Wildman–Crippen MR) is 160 cm³/mol. The number of aryl methyl sites for hydroxylation is 2. The summed E-state index contributed by atoms with van der Waals surface area (Å²) in [5.74, 6) is 0.0104. The van der Waals surface area contributed by atoms with Gasteiger partial charge in [-0.15, -0.1) is 5.16 Å². The third-order valence-corrected chi connectivity index (χ3v) is 8.78. The molecule has 0 aromatic carbocycles. The van der Waals surface area contributed by atoms with E-state index in [0.717, 1.165) is 5.56 Å². The molecule has 4 aromatic heterocycles. The monoisotopic (exact) mass is 645 g/mol. The maximum Gasteiger partial charge on any atom is 0.248 e. The molecule has 1 saturated heterocycles. The van der Waals surface area contributed by atoms with E-state index in [1.165, 1.54) is 17.8 Å². The molecule has 13 nitrogen and oxygen atoms in total. The standard InChI is InChI=1S/C29H28BrN9O4/c1-15-4-5-24(30)35-27(15)36-28(42)21-9-29(14-34-43)7-6-23(29)39(21)25(41)13-38-22-12-33-20(18-10-31-17(3)32-11-18)8-19(22)26(37-38)16(2)40/h4-5,8,10-12,14,21,23,43H,6-7,9,13H2,1-3H3,(H,35,36,42)/b34-14+/t21-,23+,29+/m0/s1. The van der Waals surface area contributed by atoms with Gasteiger partial charge in [-0.1, -0.05) is 6.07 Å². The second kappa shape index (κ2) is 10.9. The molecule has 2 aliphatic rings. The maximum atomic E-state index is 14.0. The van der Waals surface area contributed by atoms with Crippen molar-refractivity contribution in [2.45, 2.75) is 58.7 Å². The summed E-state index contributed by atoms with van der Waals surface area (Å²) in [6.45, 7) is 4.81. The van der Waals surface area contributed by atoms with Gasteiger partial charge in [-0.05, 0) is 66.7 Å². The molecule has 0 spiro atoms. The third-order valence-electron chi connectivity index (χ3n) is 8.33. The Labute approximate surface area is 254 Å². The number of likely N-dealkylation sites (tertiary alicyclic amines) is 1. The molecular weight excluding hydrogens is 618 g/mol. The number of pyridine rings is 2. The molecule has 1 aliphatic carbocycles. The summed E-state index contributed by atoms with van der Waals surface area (Å²) in [5.41, 5.74) is 2.11. The van der Waals surface area contributed by atoms with Crippen LogP contribution in [0.5, 0.6) is 0 Å². The number of carbonyl (C=O) groups is 3. The summed E-state index contributed by atoms with van der Waals surface area (Å²) in [4.78, 5) is 59.2. The van der Waals surface area contributed by atoms with Crippen molar-refractivity contribution < 1.29 is 19.6 Å². The molecule has 220 valence electrons. The molecule has 14 heteroatoms. The summed E-state index contributed by atoms with van der Waals surface area (Å²) in [7, 11) is 0. The van der Waals surface area contributed by atoms with Crippen LogP contribution in [0.1, 0.15) is 48.1 Å². The van der Waals surface area contributed by atoms with Gasteiger partial charge in [0.2, 0.25) is 11.8 Å². The molecule has 6 rings (SSSR count). The minimum absolute atomic E-state index is 0.205. The fourth-order valence-electron chi connectivity index (χ4n) is 6.04. The molecule has 2 amide bonds. The smallest absolute Gasteiger partial charge is 0.248 e. The van der Waals surface area contributed by atoms with Crippen molar-refractivity contribution in [2.24, 2.45) is 10.6 Å². The number of aromatic nitrogens is 6. The van der Waals surface area contributed by atoms with Crippen LogP contribution in [0.25, 0.3) is 22.2 Å². The Kier molecular flexibility index (Phi) is 7.24. The number of amides is 2. The highest BCUT2D eigenvalue weighted by molar-refractivity contribution is 9.10. The number of nitrogens with one attached hydrogen (secondary N) is 1. The molecule has 1 aliphatic heterocycles. The molecule has 2 N–H and O–H groups in total. The SMILES string of the molecule is CC(=O)c1nn(CC(=O)N2[C@H](C(=O)Nc3nc(Br)ccc3C)C[C@@]3(/C=N/O)CC[C@@H]23)c2cnc(-c3cnc(C)nc3)cc12. The van der Waals surface area contributed by atoms with Crippen molar-refractivity contribution in [1.29, 1.82) is 0 Å².